The number of rotatable bonds is 3. The van der Waals surface area contributed by atoms with E-state index in [1.807, 2.05) is 0 Å². The SMILES string of the molecule is NC(=O)C[NH+]1CCN(c2ncccn2)CC1. The molecule has 16 heavy (non-hydrogen) atoms. The van der Waals surface area contributed by atoms with Gasteiger partial charge in [0.2, 0.25) is 5.95 Å². The molecule has 1 fully saturated rings. The van der Waals surface area contributed by atoms with Crippen LogP contribution in [-0.2, 0) is 4.79 Å². The Kier molecular flexibility index (Phi) is 3.31. The Labute approximate surface area is 94.1 Å². The van der Waals surface area contributed by atoms with Gasteiger partial charge in [-0.25, -0.2) is 9.97 Å². The number of nitrogens with zero attached hydrogens (tertiary/aromatic N) is 3. The van der Waals surface area contributed by atoms with E-state index in [0.29, 0.717) is 6.54 Å². The molecule has 6 heteroatoms. The zero-order valence-electron chi connectivity index (χ0n) is 9.09. The summed E-state index contributed by atoms with van der Waals surface area (Å²) in [6.07, 6.45) is 3.48. The second-order valence-corrected chi connectivity index (χ2v) is 3.93. The Hall–Kier alpha value is -1.69. The Balaban J connectivity index is 1.88. The van der Waals surface area contributed by atoms with E-state index in [-0.39, 0.29) is 5.91 Å². The van der Waals surface area contributed by atoms with Crippen LogP contribution in [0, 0.1) is 0 Å². The number of anilines is 1. The molecule has 0 spiro atoms. The monoisotopic (exact) mass is 222 g/mol. The number of nitrogens with one attached hydrogen (secondary N) is 1. The molecule has 0 radical (unpaired) electrons. The van der Waals surface area contributed by atoms with Crippen molar-refractivity contribution in [2.24, 2.45) is 5.73 Å². The molecule has 0 unspecified atom stereocenters. The largest absolute Gasteiger partial charge is 0.365 e. The fourth-order valence-corrected chi connectivity index (χ4v) is 1.90. The van der Waals surface area contributed by atoms with Gasteiger partial charge in [0, 0.05) is 12.4 Å². The smallest absolute Gasteiger partial charge is 0.272 e. The lowest BCUT2D eigenvalue weighted by molar-refractivity contribution is -0.892. The van der Waals surface area contributed by atoms with Crippen molar-refractivity contribution in [2.45, 2.75) is 0 Å². The Morgan fingerprint density at radius 1 is 1.38 bits per heavy atom. The second kappa shape index (κ2) is 4.89. The fourth-order valence-electron chi connectivity index (χ4n) is 1.90. The van der Waals surface area contributed by atoms with E-state index >= 15 is 0 Å². The first-order chi connectivity index (χ1) is 7.75. The molecule has 1 aromatic rings. The summed E-state index contributed by atoms with van der Waals surface area (Å²) >= 11 is 0. The summed E-state index contributed by atoms with van der Waals surface area (Å²) in [6.45, 7) is 3.96. The van der Waals surface area contributed by atoms with Crippen molar-refractivity contribution in [2.75, 3.05) is 37.6 Å². The lowest BCUT2D eigenvalue weighted by Gasteiger charge is -2.31. The summed E-state index contributed by atoms with van der Waals surface area (Å²) in [5.74, 6) is 0.528. The molecule has 0 saturated carbocycles. The van der Waals surface area contributed by atoms with Crippen molar-refractivity contribution >= 4 is 11.9 Å². The third-order valence-electron chi connectivity index (χ3n) is 2.73. The molecule has 0 bridgehead atoms. The van der Waals surface area contributed by atoms with E-state index in [0.717, 1.165) is 32.1 Å². The minimum Gasteiger partial charge on any atom is -0.365 e. The Morgan fingerprint density at radius 2 is 2.00 bits per heavy atom. The number of nitrogens with two attached hydrogens (primary N) is 1. The van der Waals surface area contributed by atoms with Crippen LogP contribution < -0.4 is 15.5 Å². The van der Waals surface area contributed by atoms with E-state index in [1.165, 1.54) is 4.90 Å². The van der Waals surface area contributed by atoms with Gasteiger partial charge in [-0.2, -0.15) is 0 Å². The molecule has 3 N–H and O–H groups in total. The number of carbonyl (C=O) groups is 1. The molecule has 86 valence electrons. The van der Waals surface area contributed by atoms with E-state index in [9.17, 15) is 4.79 Å². The lowest BCUT2D eigenvalue weighted by Crippen LogP contribution is -3.15. The van der Waals surface area contributed by atoms with Gasteiger partial charge in [0.15, 0.2) is 6.54 Å². The highest BCUT2D eigenvalue weighted by Gasteiger charge is 2.22. The van der Waals surface area contributed by atoms with Gasteiger partial charge < -0.3 is 15.5 Å². The van der Waals surface area contributed by atoms with Crippen molar-refractivity contribution < 1.29 is 9.69 Å². The highest BCUT2D eigenvalue weighted by Crippen LogP contribution is 2.03. The maximum absolute atomic E-state index is 10.8. The van der Waals surface area contributed by atoms with Gasteiger partial charge in [-0.3, -0.25) is 4.79 Å². The van der Waals surface area contributed by atoms with E-state index in [4.69, 9.17) is 5.73 Å². The van der Waals surface area contributed by atoms with Crippen LogP contribution in [0.5, 0.6) is 0 Å². The van der Waals surface area contributed by atoms with Crippen LogP contribution in [0.2, 0.25) is 0 Å². The average Bonchev–Trinajstić information content (AvgIpc) is 2.30. The number of hydrogen-bond donors (Lipinski definition) is 2. The summed E-state index contributed by atoms with van der Waals surface area (Å²) < 4.78 is 0. The molecule has 1 aliphatic rings. The first-order valence-corrected chi connectivity index (χ1v) is 5.39. The van der Waals surface area contributed by atoms with Gasteiger partial charge in [0.1, 0.15) is 0 Å². The number of carbonyl (C=O) groups excluding carboxylic acids is 1. The molecule has 1 aromatic heterocycles. The van der Waals surface area contributed by atoms with Crippen molar-refractivity contribution in [3.8, 4) is 0 Å². The van der Waals surface area contributed by atoms with Crippen molar-refractivity contribution in [3.63, 3.8) is 0 Å². The third-order valence-corrected chi connectivity index (χ3v) is 2.73. The lowest BCUT2D eigenvalue weighted by atomic mass is 10.3. The highest BCUT2D eigenvalue weighted by molar-refractivity contribution is 5.74. The van der Waals surface area contributed by atoms with Gasteiger partial charge in [-0.1, -0.05) is 0 Å². The Bertz CT molecular complexity index is 347. The van der Waals surface area contributed by atoms with Crippen LogP contribution in [0.25, 0.3) is 0 Å². The first-order valence-electron chi connectivity index (χ1n) is 5.39. The minimum absolute atomic E-state index is 0.237. The highest BCUT2D eigenvalue weighted by atomic mass is 16.1. The molecule has 0 aromatic carbocycles. The van der Waals surface area contributed by atoms with Crippen LogP contribution >= 0.6 is 0 Å². The molecular weight excluding hydrogens is 206 g/mol. The average molecular weight is 222 g/mol. The van der Waals surface area contributed by atoms with Crippen molar-refractivity contribution in [3.05, 3.63) is 18.5 Å². The third kappa shape index (κ3) is 2.66. The molecule has 2 heterocycles. The number of hydrogen-bond acceptors (Lipinski definition) is 4. The number of aromatic nitrogens is 2. The molecule has 0 atom stereocenters. The van der Waals surface area contributed by atoms with Crippen molar-refractivity contribution in [1.29, 1.82) is 0 Å². The van der Waals surface area contributed by atoms with Gasteiger partial charge in [-0.05, 0) is 6.07 Å². The quantitative estimate of drug-likeness (QED) is 0.601. The van der Waals surface area contributed by atoms with Crippen molar-refractivity contribution in [1.82, 2.24) is 9.97 Å². The molecule has 1 saturated heterocycles. The molecule has 6 nitrogen and oxygen atoms in total. The predicted molar refractivity (Wildman–Crippen MR) is 59.0 cm³/mol. The normalized spacial score (nSPS) is 17.4. The zero-order chi connectivity index (χ0) is 11.4. The van der Waals surface area contributed by atoms with Crippen LogP contribution in [0.15, 0.2) is 18.5 Å². The minimum atomic E-state index is -0.237. The molecule has 0 aliphatic carbocycles. The fraction of sp³-hybridized carbons (Fsp3) is 0.500. The Morgan fingerprint density at radius 3 is 2.56 bits per heavy atom. The standard InChI is InChI=1S/C10H15N5O/c11-9(16)8-14-4-6-15(7-5-14)10-12-2-1-3-13-10/h1-3H,4-8H2,(H2,11,16)/p+1. The van der Waals surface area contributed by atoms with Gasteiger partial charge in [0.25, 0.3) is 5.91 Å². The van der Waals surface area contributed by atoms with E-state index in [1.54, 1.807) is 18.5 Å². The van der Waals surface area contributed by atoms with Gasteiger partial charge in [0.05, 0.1) is 26.2 Å². The summed E-state index contributed by atoms with van der Waals surface area (Å²) in [6, 6.07) is 1.80. The van der Waals surface area contributed by atoms with Crippen LogP contribution in [0.4, 0.5) is 5.95 Å². The summed E-state index contributed by atoms with van der Waals surface area (Å²) in [4.78, 5) is 22.6. The second-order valence-electron chi connectivity index (χ2n) is 3.93. The van der Waals surface area contributed by atoms with E-state index in [2.05, 4.69) is 14.9 Å². The maximum atomic E-state index is 10.8. The molecular formula is C10H16N5O+. The van der Waals surface area contributed by atoms with Gasteiger partial charge >= 0.3 is 0 Å². The number of amides is 1. The summed E-state index contributed by atoms with van der Waals surface area (Å²) in [5.41, 5.74) is 5.17. The van der Waals surface area contributed by atoms with E-state index < -0.39 is 0 Å². The van der Waals surface area contributed by atoms with Gasteiger partial charge in [-0.15, -0.1) is 0 Å². The number of quaternary nitrogens is 1. The summed E-state index contributed by atoms with van der Waals surface area (Å²) in [7, 11) is 0. The summed E-state index contributed by atoms with van der Waals surface area (Å²) in [5, 5.41) is 0. The molecule has 1 amide bonds. The first kappa shape index (κ1) is 10.8. The molecule has 1 aliphatic heterocycles. The van der Waals surface area contributed by atoms with Crippen LogP contribution in [0.1, 0.15) is 0 Å². The predicted octanol–water partition coefficient (Wildman–Crippen LogP) is -2.33. The maximum Gasteiger partial charge on any atom is 0.272 e. The topological polar surface area (TPSA) is 76.6 Å². The zero-order valence-corrected chi connectivity index (χ0v) is 9.09. The number of piperazine rings is 1. The molecule has 2 rings (SSSR count). The van der Waals surface area contributed by atoms with Crippen LogP contribution in [0.3, 0.4) is 0 Å². The van der Waals surface area contributed by atoms with Crippen LogP contribution in [-0.4, -0.2) is 48.6 Å². The number of primary amides is 1.